The zero-order valence-electron chi connectivity index (χ0n) is 11.6. The molecule has 1 heterocycles. The van der Waals surface area contributed by atoms with Crippen LogP contribution in [0.25, 0.3) is 0 Å². The second kappa shape index (κ2) is 7.67. The second-order valence-electron chi connectivity index (χ2n) is 4.89. The average molecular weight is 344 g/mol. The largest absolute Gasteiger partial charge is 0.381 e. The van der Waals surface area contributed by atoms with E-state index in [4.69, 9.17) is 4.74 Å². The van der Waals surface area contributed by atoms with Crippen molar-refractivity contribution < 1.29 is 4.74 Å². The van der Waals surface area contributed by atoms with E-state index in [0.717, 1.165) is 37.1 Å². The summed E-state index contributed by atoms with van der Waals surface area (Å²) in [5.41, 5.74) is 1.40. The minimum atomic E-state index is 0.393. The van der Waals surface area contributed by atoms with Gasteiger partial charge in [-0.25, -0.2) is 0 Å². The summed E-state index contributed by atoms with van der Waals surface area (Å²) in [6.07, 6.45) is 2.32. The van der Waals surface area contributed by atoms with Crippen molar-refractivity contribution in [3.05, 3.63) is 28.2 Å². The van der Waals surface area contributed by atoms with Crippen molar-refractivity contribution in [1.82, 2.24) is 5.32 Å². The monoisotopic (exact) mass is 343 g/mol. The third kappa shape index (κ3) is 4.48. The molecule has 1 aromatic rings. The minimum absolute atomic E-state index is 0.393. The molecule has 1 aromatic carbocycles. The normalized spacial score (nSPS) is 18.5. The number of benzene rings is 1. The molecule has 1 saturated heterocycles. The molecule has 1 atom stereocenters. The van der Waals surface area contributed by atoms with Crippen LogP contribution in [0.3, 0.4) is 0 Å². The highest BCUT2D eigenvalue weighted by Gasteiger charge is 2.18. The van der Waals surface area contributed by atoms with Crippen molar-refractivity contribution in [3.63, 3.8) is 0 Å². The van der Waals surface area contributed by atoms with E-state index in [-0.39, 0.29) is 0 Å². The topological polar surface area (TPSA) is 21.3 Å². The average Bonchev–Trinajstić information content (AvgIpc) is 2.42. The van der Waals surface area contributed by atoms with E-state index in [9.17, 15) is 0 Å². The highest BCUT2D eigenvalue weighted by atomic mass is 79.9. The molecule has 4 heteroatoms. The van der Waals surface area contributed by atoms with Gasteiger partial charge in [0.15, 0.2) is 0 Å². The van der Waals surface area contributed by atoms with Gasteiger partial charge in [-0.1, -0.05) is 22.9 Å². The van der Waals surface area contributed by atoms with Gasteiger partial charge in [-0.05, 0) is 50.1 Å². The number of halogens is 1. The van der Waals surface area contributed by atoms with Crippen molar-refractivity contribution >= 4 is 27.7 Å². The summed E-state index contributed by atoms with van der Waals surface area (Å²) in [6.45, 7) is 7.20. The first-order valence-corrected chi connectivity index (χ1v) is 8.65. The Morgan fingerprint density at radius 2 is 2.16 bits per heavy atom. The van der Waals surface area contributed by atoms with Crippen molar-refractivity contribution in [2.75, 3.05) is 19.8 Å². The third-order valence-electron chi connectivity index (χ3n) is 3.41. The van der Waals surface area contributed by atoms with Crippen LogP contribution in [0, 0.1) is 0 Å². The van der Waals surface area contributed by atoms with Gasteiger partial charge in [-0.3, -0.25) is 0 Å². The van der Waals surface area contributed by atoms with Gasteiger partial charge < -0.3 is 10.1 Å². The van der Waals surface area contributed by atoms with E-state index >= 15 is 0 Å². The smallest absolute Gasteiger partial charge is 0.0476 e. The van der Waals surface area contributed by atoms with Crippen LogP contribution >= 0.6 is 27.7 Å². The molecule has 2 rings (SSSR count). The van der Waals surface area contributed by atoms with E-state index in [1.165, 1.54) is 10.5 Å². The Morgan fingerprint density at radius 3 is 2.84 bits per heavy atom. The lowest BCUT2D eigenvalue weighted by Gasteiger charge is -2.24. The van der Waals surface area contributed by atoms with Crippen LogP contribution in [0.2, 0.25) is 0 Å². The third-order valence-corrected chi connectivity index (χ3v) is 5.33. The van der Waals surface area contributed by atoms with Gasteiger partial charge >= 0.3 is 0 Å². The predicted molar refractivity (Wildman–Crippen MR) is 85.9 cm³/mol. The van der Waals surface area contributed by atoms with Gasteiger partial charge in [0.2, 0.25) is 0 Å². The number of nitrogens with one attached hydrogen (secondary N) is 1. The van der Waals surface area contributed by atoms with Crippen LogP contribution < -0.4 is 5.32 Å². The fourth-order valence-corrected chi connectivity index (χ4v) is 4.04. The number of thioether (sulfide) groups is 1. The van der Waals surface area contributed by atoms with Crippen LogP contribution in [0.1, 0.15) is 38.3 Å². The molecule has 0 amide bonds. The molecule has 0 spiro atoms. The summed E-state index contributed by atoms with van der Waals surface area (Å²) in [7, 11) is 0. The van der Waals surface area contributed by atoms with Gasteiger partial charge in [0.1, 0.15) is 0 Å². The first kappa shape index (κ1) is 15.4. The lowest BCUT2D eigenvalue weighted by atomic mass is 10.1. The van der Waals surface area contributed by atoms with Crippen LogP contribution in [-0.4, -0.2) is 25.0 Å². The Kier molecular flexibility index (Phi) is 6.20. The summed E-state index contributed by atoms with van der Waals surface area (Å²) in [6, 6.07) is 7.02. The minimum Gasteiger partial charge on any atom is -0.381 e. The lowest BCUT2D eigenvalue weighted by Crippen LogP contribution is -2.20. The zero-order chi connectivity index (χ0) is 13.7. The van der Waals surface area contributed by atoms with Gasteiger partial charge in [0.05, 0.1) is 0 Å². The Morgan fingerprint density at radius 1 is 1.42 bits per heavy atom. The molecule has 0 aromatic heterocycles. The Hall–Kier alpha value is -0.0300. The summed E-state index contributed by atoms with van der Waals surface area (Å²) in [5.74, 6) is 0. The molecule has 19 heavy (non-hydrogen) atoms. The molecular formula is C15H22BrNOS. The predicted octanol–water partition coefficient (Wildman–Crippen LogP) is 4.39. The number of hydrogen-bond acceptors (Lipinski definition) is 3. The number of ether oxygens (including phenoxy) is 1. The summed E-state index contributed by atoms with van der Waals surface area (Å²) in [5, 5.41) is 4.20. The Balaban J connectivity index is 2.13. The molecule has 1 N–H and O–H groups in total. The zero-order valence-corrected chi connectivity index (χ0v) is 14.0. The highest BCUT2D eigenvalue weighted by molar-refractivity contribution is 9.10. The standard InChI is InChI=1S/C15H22BrNOS/c1-3-17-11(2)14-10-12(16)4-5-15(14)19-13-6-8-18-9-7-13/h4-5,10-11,13,17H,3,6-9H2,1-2H3. The molecule has 1 fully saturated rings. The second-order valence-corrected chi connectivity index (χ2v) is 7.15. The molecule has 0 bridgehead atoms. The number of rotatable bonds is 5. The maximum atomic E-state index is 5.44. The molecule has 0 radical (unpaired) electrons. The molecule has 0 aliphatic carbocycles. The fourth-order valence-electron chi connectivity index (χ4n) is 2.35. The maximum Gasteiger partial charge on any atom is 0.0476 e. The van der Waals surface area contributed by atoms with Gasteiger partial charge in [0.25, 0.3) is 0 Å². The van der Waals surface area contributed by atoms with Gasteiger partial charge in [-0.15, -0.1) is 11.8 Å². The van der Waals surface area contributed by atoms with E-state index in [0.29, 0.717) is 11.3 Å². The van der Waals surface area contributed by atoms with E-state index in [2.05, 4.69) is 53.3 Å². The van der Waals surface area contributed by atoms with Crippen molar-refractivity contribution in [3.8, 4) is 0 Å². The lowest BCUT2D eigenvalue weighted by molar-refractivity contribution is 0.1000. The summed E-state index contributed by atoms with van der Waals surface area (Å²) >= 11 is 5.60. The fraction of sp³-hybridized carbons (Fsp3) is 0.600. The highest BCUT2D eigenvalue weighted by Crippen LogP contribution is 2.35. The number of hydrogen-bond donors (Lipinski definition) is 1. The molecule has 1 unspecified atom stereocenters. The van der Waals surface area contributed by atoms with Crippen LogP contribution in [-0.2, 0) is 4.74 Å². The quantitative estimate of drug-likeness (QED) is 0.856. The van der Waals surface area contributed by atoms with E-state index in [1.54, 1.807) is 0 Å². The molecule has 0 saturated carbocycles. The van der Waals surface area contributed by atoms with Crippen LogP contribution in [0.15, 0.2) is 27.6 Å². The Bertz CT molecular complexity index is 407. The summed E-state index contributed by atoms with van der Waals surface area (Å²) < 4.78 is 6.60. The van der Waals surface area contributed by atoms with Gasteiger partial charge in [0, 0.05) is 33.9 Å². The van der Waals surface area contributed by atoms with E-state index in [1.807, 2.05) is 11.8 Å². The first-order chi connectivity index (χ1) is 9.20. The van der Waals surface area contributed by atoms with Crippen molar-refractivity contribution in [2.24, 2.45) is 0 Å². The first-order valence-electron chi connectivity index (χ1n) is 6.98. The van der Waals surface area contributed by atoms with Crippen molar-refractivity contribution in [1.29, 1.82) is 0 Å². The van der Waals surface area contributed by atoms with Crippen LogP contribution in [0.5, 0.6) is 0 Å². The van der Waals surface area contributed by atoms with Crippen molar-refractivity contribution in [2.45, 2.75) is 42.9 Å². The molecule has 1 aliphatic rings. The SMILES string of the molecule is CCNC(C)c1cc(Br)ccc1SC1CCOCC1. The molecular weight excluding hydrogens is 322 g/mol. The van der Waals surface area contributed by atoms with Crippen LogP contribution in [0.4, 0.5) is 0 Å². The van der Waals surface area contributed by atoms with Gasteiger partial charge in [-0.2, -0.15) is 0 Å². The molecule has 2 nitrogen and oxygen atoms in total. The molecule has 1 aliphatic heterocycles. The molecule has 106 valence electrons. The van der Waals surface area contributed by atoms with E-state index < -0.39 is 0 Å². The Labute approximate surface area is 128 Å². The maximum absolute atomic E-state index is 5.44. The summed E-state index contributed by atoms with van der Waals surface area (Å²) in [4.78, 5) is 1.41.